The molecule has 2 atom stereocenters. The standard InChI is InChI=1S/C13H21N3O2/c1-9(17)10-4-3-5-16(8-10)11-7-15-13(14)6-12(11)18-2/h6-7,9-10,17H,3-5,8H2,1-2H3,(H2,14,15)/t9-,10+/m0/s1. The van der Waals surface area contributed by atoms with E-state index in [4.69, 9.17) is 10.5 Å². The average Bonchev–Trinajstić information content (AvgIpc) is 2.38. The van der Waals surface area contributed by atoms with Crippen molar-refractivity contribution in [3.05, 3.63) is 12.3 Å². The highest BCUT2D eigenvalue weighted by molar-refractivity contribution is 5.60. The van der Waals surface area contributed by atoms with Crippen LogP contribution in [0, 0.1) is 5.92 Å². The van der Waals surface area contributed by atoms with Gasteiger partial charge in [-0.2, -0.15) is 0 Å². The third-order valence-corrected chi connectivity index (χ3v) is 3.57. The molecule has 1 aliphatic rings. The lowest BCUT2D eigenvalue weighted by Crippen LogP contribution is -2.39. The monoisotopic (exact) mass is 251 g/mol. The molecule has 1 fully saturated rings. The van der Waals surface area contributed by atoms with Crippen LogP contribution >= 0.6 is 0 Å². The van der Waals surface area contributed by atoms with E-state index in [1.54, 1.807) is 19.4 Å². The van der Waals surface area contributed by atoms with Crippen LogP contribution in [0.3, 0.4) is 0 Å². The van der Waals surface area contributed by atoms with Gasteiger partial charge < -0.3 is 20.5 Å². The van der Waals surface area contributed by atoms with Gasteiger partial charge in [0.15, 0.2) is 0 Å². The van der Waals surface area contributed by atoms with Crippen molar-refractivity contribution in [3.8, 4) is 5.75 Å². The van der Waals surface area contributed by atoms with Gasteiger partial charge in [-0.1, -0.05) is 0 Å². The summed E-state index contributed by atoms with van der Waals surface area (Å²) in [6.45, 7) is 3.65. The number of piperidine rings is 1. The number of rotatable bonds is 3. The van der Waals surface area contributed by atoms with Crippen LogP contribution in [0.4, 0.5) is 11.5 Å². The van der Waals surface area contributed by atoms with Crippen molar-refractivity contribution in [2.24, 2.45) is 5.92 Å². The highest BCUT2D eigenvalue weighted by atomic mass is 16.5. The molecule has 2 rings (SSSR count). The molecule has 100 valence electrons. The van der Waals surface area contributed by atoms with Crippen molar-refractivity contribution in [1.29, 1.82) is 0 Å². The van der Waals surface area contributed by atoms with E-state index in [2.05, 4.69) is 9.88 Å². The average molecular weight is 251 g/mol. The van der Waals surface area contributed by atoms with Gasteiger partial charge in [-0.25, -0.2) is 4.98 Å². The molecular formula is C13H21N3O2. The maximum absolute atomic E-state index is 9.72. The zero-order chi connectivity index (χ0) is 13.1. The number of nitrogens with zero attached hydrogens (tertiary/aromatic N) is 2. The maximum Gasteiger partial charge on any atom is 0.147 e. The fraction of sp³-hybridized carbons (Fsp3) is 0.615. The first-order chi connectivity index (χ1) is 8.61. The maximum atomic E-state index is 9.72. The summed E-state index contributed by atoms with van der Waals surface area (Å²) in [5, 5.41) is 9.72. The number of ether oxygens (including phenoxy) is 1. The summed E-state index contributed by atoms with van der Waals surface area (Å²) < 4.78 is 5.35. The van der Waals surface area contributed by atoms with Gasteiger partial charge in [0.25, 0.3) is 0 Å². The largest absolute Gasteiger partial charge is 0.494 e. The third kappa shape index (κ3) is 2.67. The Balaban J connectivity index is 2.20. The third-order valence-electron chi connectivity index (χ3n) is 3.57. The summed E-state index contributed by atoms with van der Waals surface area (Å²) >= 11 is 0. The number of methoxy groups -OCH3 is 1. The lowest BCUT2D eigenvalue weighted by atomic mass is 9.93. The van der Waals surface area contributed by atoms with E-state index in [0.717, 1.165) is 37.4 Å². The van der Waals surface area contributed by atoms with E-state index in [-0.39, 0.29) is 6.10 Å². The second-order valence-electron chi connectivity index (χ2n) is 4.87. The Morgan fingerprint density at radius 2 is 2.39 bits per heavy atom. The van der Waals surface area contributed by atoms with Crippen molar-refractivity contribution in [2.75, 3.05) is 30.8 Å². The van der Waals surface area contributed by atoms with Crippen LogP contribution in [0.15, 0.2) is 12.3 Å². The molecule has 0 aromatic carbocycles. The number of pyridine rings is 1. The quantitative estimate of drug-likeness (QED) is 0.846. The Bertz CT molecular complexity index is 409. The molecule has 1 saturated heterocycles. The van der Waals surface area contributed by atoms with E-state index in [0.29, 0.717) is 11.7 Å². The molecule has 2 heterocycles. The Morgan fingerprint density at radius 3 is 3.06 bits per heavy atom. The number of anilines is 2. The van der Waals surface area contributed by atoms with Crippen LogP contribution in [-0.2, 0) is 0 Å². The first kappa shape index (κ1) is 13.0. The van der Waals surface area contributed by atoms with Crippen LogP contribution in [-0.4, -0.2) is 36.4 Å². The topological polar surface area (TPSA) is 71.6 Å². The molecule has 18 heavy (non-hydrogen) atoms. The van der Waals surface area contributed by atoms with Crippen LogP contribution in [0.2, 0.25) is 0 Å². The smallest absolute Gasteiger partial charge is 0.147 e. The van der Waals surface area contributed by atoms with Crippen molar-refractivity contribution in [1.82, 2.24) is 4.98 Å². The minimum absolute atomic E-state index is 0.277. The number of hydrogen-bond acceptors (Lipinski definition) is 5. The number of aliphatic hydroxyl groups is 1. The molecule has 0 aliphatic carbocycles. The molecule has 0 radical (unpaired) electrons. The number of nitrogen functional groups attached to an aromatic ring is 1. The minimum atomic E-state index is -0.277. The zero-order valence-corrected chi connectivity index (χ0v) is 11.0. The fourth-order valence-corrected chi connectivity index (χ4v) is 2.47. The van der Waals surface area contributed by atoms with E-state index in [9.17, 15) is 5.11 Å². The minimum Gasteiger partial charge on any atom is -0.494 e. The molecule has 5 nitrogen and oxygen atoms in total. The van der Waals surface area contributed by atoms with Gasteiger partial charge in [-0.3, -0.25) is 0 Å². The molecule has 0 saturated carbocycles. The first-order valence-corrected chi connectivity index (χ1v) is 6.34. The summed E-state index contributed by atoms with van der Waals surface area (Å²) in [5.41, 5.74) is 6.61. The number of aromatic nitrogens is 1. The molecule has 3 N–H and O–H groups in total. The predicted molar refractivity (Wildman–Crippen MR) is 71.8 cm³/mol. The van der Waals surface area contributed by atoms with Crippen molar-refractivity contribution < 1.29 is 9.84 Å². The Morgan fingerprint density at radius 1 is 1.61 bits per heavy atom. The SMILES string of the molecule is COc1cc(N)ncc1N1CCC[C@@H]([C@H](C)O)C1. The summed E-state index contributed by atoms with van der Waals surface area (Å²) in [7, 11) is 1.63. The van der Waals surface area contributed by atoms with Crippen LogP contribution in [0.5, 0.6) is 5.75 Å². The van der Waals surface area contributed by atoms with E-state index in [1.165, 1.54) is 0 Å². The van der Waals surface area contributed by atoms with Gasteiger partial charge in [-0.15, -0.1) is 0 Å². The number of nitrogens with two attached hydrogens (primary N) is 1. The van der Waals surface area contributed by atoms with Gasteiger partial charge in [-0.05, 0) is 19.8 Å². The fourth-order valence-electron chi connectivity index (χ4n) is 2.47. The predicted octanol–water partition coefficient (Wildman–Crippen LogP) is 1.27. The molecule has 5 heteroatoms. The molecule has 0 unspecified atom stereocenters. The van der Waals surface area contributed by atoms with Gasteiger partial charge in [0.2, 0.25) is 0 Å². The van der Waals surface area contributed by atoms with E-state index >= 15 is 0 Å². The normalized spacial score (nSPS) is 21.7. The molecule has 1 aromatic rings. The summed E-state index contributed by atoms with van der Waals surface area (Å²) in [6.07, 6.45) is 3.61. The van der Waals surface area contributed by atoms with Gasteiger partial charge in [0, 0.05) is 25.1 Å². The van der Waals surface area contributed by atoms with Crippen LogP contribution in [0.25, 0.3) is 0 Å². The van der Waals surface area contributed by atoms with Crippen molar-refractivity contribution in [2.45, 2.75) is 25.9 Å². The Kier molecular flexibility index (Phi) is 3.91. The lowest BCUT2D eigenvalue weighted by molar-refractivity contribution is 0.115. The van der Waals surface area contributed by atoms with Gasteiger partial charge in [0.05, 0.1) is 25.1 Å². The van der Waals surface area contributed by atoms with Crippen molar-refractivity contribution >= 4 is 11.5 Å². The molecule has 1 aromatic heterocycles. The summed E-state index contributed by atoms with van der Waals surface area (Å²) in [4.78, 5) is 6.34. The highest BCUT2D eigenvalue weighted by Crippen LogP contribution is 2.32. The van der Waals surface area contributed by atoms with Gasteiger partial charge in [0.1, 0.15) is 11.6 Å². The second kappa shape index (κ2) is 5.44. The Hall–Kier alpha value is -1.49. The molecule has 0 bridgehead atoms. The first-order valence-electron chi connectivity index (χ1n) is 6.34. The summed E-state index contributed by atoms with van der Waals surface area (Å²) in [5.74, 6) is 1.51. The highest BCUT2D eigenvalue weighted by Gasteiger charge is 2.25. The van der Waals surface area contributed by atoms with Crippen molar-refractivity contribution in [3.63, 3.8) is 0 Å². The van der Waals surface area contributed by atoms with Gasteiger partial charge >= 0.3 is 0 Å². The second-order valence-corrected chi connectivity index (χ2v) is 4.87. The number of hydrogen-bond donors (Lipinski definition) is 2. The lowest BCUT2D eigenvalue weighted by Gasteiger charge is -2.36. The molecular weight excluding hydrogens is 230 g/mol. The molecule has 0 amide bonds. The number of aliphatic hydroxyl groups excluding tert-OH is 1. The van der Waals surface area contributed by atoms with Crippen LogP contribution < -0.4 is 15.4 Å². The molecule has 1 aliphatic heterocycles. The molecule has 0 spiro atoms. The van der Waals surface area contributed by atoms with Crippen LogP contribution in [0.1, 0.15) is 19.8 Å². The Labute approximate surface area is 108 Å². The zero-order valence-electron chi connectivity index (χ0n) is 11.0. The van der Waals surface area contributed by atoms with E-state index < -0.39 is 0 Å². The van der Waals surface area contributed by atoms with E-state index in [1.807, 2.05) is 6.92 Å². The summed E-state index contributed by atoms with van der Waals surface area (Å²) in [6, 6.07) is 1.74.